The van der Waals surface area contributed by atoms with Crippen molar-refractivity contribution in [3.63, 3.8) is 0 Å². The van der Waals surface area contributed by atoms with Crippen molar-refractivity contribution in [1.29, 1.82) is 0 Å². The van der Waals surface area contributed by atoms with Crippen molar-refractivity contribution in [2.75, 3.05) is 7.11 Å². The summed E-state index contributed by atoms with van der Waals surface area (Å²) in [7, 11) is 1.66. The normalized spacial score (nSPS) is 12.4. The summed E-state index contributed by atoms with van der Waals surface area (Å²) >= 11 is 1.66. The van der Waals surface area contributed by atoms with E-state index in [0.717, 1.165) is 10.6 Å². The summed E-state index contributed by atoms with van der Waals surface area (Å²) in [4.78, 5) is 5.34. The van der Waals surface area contributed by atoms with Crippen molar-refractivity contribution < 1.29 is 9.26 Å². The lowest BCUT2D eigenvalue weighted by Gasteiger charge is -2.07. The van der Waals surface area contributed by atoms with E-state index >= 15 is 0 Å². The van der Waals surface area contributed by atoms with Crippen LogP contribution in [0.1, 0.15) is 23.9 Å². The second-order valence-electron chi connectivity index (χ2n) is 3.62. The Morgan fingerprint density at radius 1 is 1.41 bits per heavy atom. The van der Waals surface area contributed by atoms with Crippen LogP contribution in [0.3, 0.4) is 0 Å². The fourth-order valence-corrected chi connectivity index (χ4v) is 2.35. The molecule has 0 spiro atoms. The minimum Gasteiger partial charge on any atom is -0.497 e. The molecular formula is C12H14N2O2S. The Morgan fingerprint density at radius 2 is 2.24 bits per heavy atom. The second kappa shape index (κ2) is 5.23. The SMILES string of the molecule is COc1cccc(SC(C)c2nc(C)no2)c1. The van der Waals surface area contributed by atoms with E-state index in [2.05, 4.69) is 10.1 Å². The number of benzene rings is 1. The third kappa shape index (κ3) is 3.00. The standard InChI is InChI=1S/C12H14N2O2S/c1-8(12-13-9(2)14-16-12)17-11-6-4-5-10(7-11)15-3/h4-8H,1-3H3. The third-order valence-corrected chi connectivity index (χ3v) is 3.33. The number of nitrogens with zero attached hydrogens (tertiary/aromatic N) is 2. The van der Waals surface area contributed by atoms with E-state index in [-0.39, 0.29) is 5.25 Å². The highest BCUT2D eigenvalue weighted by molar-refractivity contribution is 7.99. The van der Waals surface area contributed by atoms with Crippen LogP contribution in [-0.4, -0.2) is 17.3 Å². The van der Waals surface area contributed by atoms with Gasteiger partial charge in [0, 0.05) is 4.90 Å². The zero-order valence-electron chi connectivity index (χ0n) is 10.0. The molecule has 0 aliphatic carbocycles. The lowest BCUT2D eigenvalue weighted by molar-refractivity contribution is 0.376. The molecule has 1 unspecified atom stereocenters. The summed E-state index contributed by atoms with van der Waals surface area (Å²) in [5.74, 6) is 2.16. The molecule has 1 heterocycles. The lowest BCUT2D eigenvalue weighted by atomic mass is 10.3. The molecule has 2 rings (SSSR count). The van der Waals surface area contributed by atoms with Gasteiger partial charge in [0.15, 0.2) is 5.82 Å². The van der Waals surface area contributed by atoms with Crippen LogP contribution in [0.2, 0.25) is 0 Å². The smallest absolute Gasteiger partial charge is 0.239 e. The van der Waals surface area contributed by atoms with Crippen molar-refractivity contribution >= 4 is 11.8 Å². The summed E-state index contributed by atoms with van der Waals surface area (Å²) in [6.45, 7) is 3.85. The Balaban J connectivity index is 2.09. The van der Waals surface area contributed by atoms with Crippen LogP contribution in [-0.2, 0) is 0 Å². The summed E-state index contributed by atoms with van der Waals surface area (Å²) in [6.07, 6.45) is 0. The first-order valence-corrected chi connectivity index (χ1v) is 6.18. The molecular weight excluding hydrogens is 236 g/mol. The topological polar surface area (TPSA) is 48.2 Å². The number of ether oxygens (including phenoxy) is 1. The molecule has 0 radical (unpaired) electrons. The van der Waals surface area contributed by atoms with E-state index in [0.29, 0.717) is 11.7 Å². The highest BCUT2D eigenvalue weighted by Gasteiger charge is 2.14. The summed E-state index contributed by atoms with van der Waals surface area (Å²) in [5.41, 5.74) is 0. The third-order valence-electron chi connectivity index (χ3n) is 2.25. The van der Waals surface area contributed by atoms with Gasteiger partial charge in [-0.3, -0.25) is 0 Å². The van der Waals surface area contributed by atoms with Crippen LogP contribution in [0.15, 0.2) is 33.7 Å². The van der Waals surface area contributed by atoms with E-state index in [1.54, 1.807) is 18.9 Å². The van der Waals surface area contributed by atoms with E-state index < -0.39 is 0 Å². The zero-order valence-corrected chi connectivity index (χ0v) is 10.8. The Morgan fingerprint density at radius 3 is 2.88 bits per heavy atom. The zero-order chi connectivity index (χ0) is 12.3. The van der Waals surface area contributed by atoms with E-state index in [1.165, 1.54) is 0 Å². The minimum absolute atomic E-state index is 0.128. The highest BCUT2D eigenvalue weighted by Crippen LogP contribution is 2.35. The number of aromatic nitrogens is 2. The fourth-order valence-electron chi connectivity index (χ4n) is 1.41. The van der Waals surface area contributed by atoms with Crippen molar-refractivity contribution in [2.24, 2.45) is 0 Å². The van der Waals surface area contributed by atoms with Crippen LogP contribution in [0.4, 0.5) is 0 Å². The van der Waals surface area contributed by atoms with Gasteiger partial charge in [-0.2, -0.15) is 4.98 Å². The van der Waals surface area contributed by atoms with Gasteiger partial charge < -0.3 is 9.26 Å². The average molecular weight is 250 g/mol. The van der Waals surface area contributed by atoms with Gasteiger partial charge in [0.05, 0.1) is 12.4 Å². The molecule has 4 nitrogen and oxygen atoms in total. The van der Waals surface area contributed by atoms with Crippen molar-refractivity contribution in [3.05, 3.63) is 36.0 Å². The minimum atomic E-state index is 0.128. The van der Waals surface area contributed by atoms with E-state index in [1.807, 2.05) is 38.1 Å². The van der Waals surface area contributed by atoms with Crippen molar-refractivity contribution in [3.8, 4) is 5.75 Å². The molecule has 17 heavy (non-hydrogen) atoms. The maximum absolute atomic E-state index is 5.18. The fraction of sp³-hybridized carbons (Fsp3) is 0.333. The number of thioether (sulfide) groups is 1. The number of aryl methyl sites for hydroxylation is 1. The van der Waals surface area contributed by atoms with Gasteiger partial charge >= 0.3 is 0 Å². The molecule has 0 fully saturated rings. The van der Waals surface area contributed by atoms with Gasteiger partial charge in [-0.1, -0.05) is 11.2 Å². The molecule has 1 aromatic carbocycles. The van der Waals surface area contributed by atoms with Crippen LogP contribution >= 0.6 is 11.8 Å². The first-order valence-electron chi connectivity index (χ1n) is 5.30. The van der Waals surface area contributed by atoms with Gasteiger partial charge in [-0.05, 0) is 32.0 Å². The van der Waals surface area contributed by atoms with E-state index in [9.17, 15) is 0 Å². The summed E-state index contributed by atoms with van der Waals surface area (Å²) in [5, 5.41) is 3.92. The monoisotopic (exact) mass is 250 g/mol. The molecule has 0 aliphatic rings. The second-order valence-corrected chi connectivity index (χ2v) is 5.03. The average Bonchev–Trinajstić information content (AvgIpc) is 2.76. The van der Waals surface area contributed by atoms with Gasteiger partial charge in [0.1, 0.15) is 5.75 Å². The molecule has 0 amide bonds. The lowest BCUT2D eigenvalue weighted by Crippen LogP contribution is -1.89. The van der Waals surface area contributed by atoms with Crippen molar-refractivity contribution in [1.82, 2.24) is 10.1 Å². The molecule has 90 valence electrons. The van der Waals surface area contributed by atoms with Gasteiger partial charge in [0.2, 0.25) is 5.89 Å². The van der Waals surface area contributed by atoms with Gasteiger partial charge in [-0.25, -0.2) is 0 Å². The number of methoxy groups -OCH3 is 1. The summed E-state index contributed by atoms with van der Waals surface area (Å²) < 4.78 is 10.3. The van der Waals surface area contributed by atoms with Crippen LogP contribution in [0.5, 0.6) is 5.75 Å². The maximum Gasteiger partial charge on any atom is 0.239 e. The van der Waals surface area contributed by atoms with E-state index in [4.69, 9.17) is 9.26 Å². The number of rotatable bonds is 4. The Kier molecular flexibility index (Phi) is 3.68. The molecule has 0 saturated carbocycles. The molecule has 1 aromatic heterocycles. The highest BCUT2D eigenvalue weighted by atomic mass is 32.2. The largest absolute Gasteiger partial charge is 0.497 e. The Hall–Kier alpha value is -1.49. The first kappa shape index (κ1) is 12.0. The Labute approximate surface area is 104 Å². The first-order chi connectivity index (χ1) is 8.19. The molecule has 1 atom stereocenters. The van der Waals surface area contributed by atoms with Gasteiger partial charge in [0.25, 0.3) is 0 Å². The molecule has 5 heteroatoms. The molecule has 2 aromatic rings. The maximum atomic E-state index is 5.18. The molecule has 0 saturated heterocycles. The molecule has 0 aliphatic heterocycles. The Bertz CT molecular complexity index is 499. The quantitative estimate of drug-likeness (QED) is 0.780. The van der Waals surface area contributed by atoms with Gasteiger partial charge in [-0.15, -0.1) is 11.8 Å². The summed E-state index contributed by atoms with van der Waals surface area (Å²) in [6, 6.07) is 7.91. The van der Waals surface area contributed by atoms with Crippen LogP contribution in [0.25, 0.3) is 0 Å². The van der Waals surface area contributed by atoms with Crippen LogP contribution in [0, 0.1) is 6.92 Å². The number of hydrogen-bond donors (Lipinski definition) is 0. The number of hydrogen-bond acceptors (Lipinski definition) is 5. The van der Waals surface area contributed by atoms with Crippen LogP contribution < -0.4 is 4.74 Å². The van der Waals surface area contributed by atoms with Crippen molar-refractivity contribution in [2.45, 2.75) is 24.0 Å². The molecule has 0 N–H and O–H groups in total. The molecule has 0 bridgehead atoms. The predicted molar refractivity (Wildman–Crippen MR) is 66.3 cm³/mol. The predicted octanol–water partition coefficient (Wildman–Crippen LogP) is 3.24.